The molecule has 2 heterocycles. The largest absolute Gasteiger partial charge is 0.378 e. The Morgan fingerprint density at radius 3 is 2.95 bits per heavy atom. The van der Waals surface area contributed by atoms with Crippen molar-refractivity contribution < 1.29 is 9.53 Å². The Morgan fingerprint density at radius 1 is 1.26 bits per heavy atom. The Balaban J connectivity index is 1.79. The van der Waals surface area contributed by atoms with Crippen LogP contribution in [0.4, 0.5) is 0 Å². The molecule has 0 aromatic carbocycles. The lowest BCUT2D eigenvalue weighted by atomic mass is 9.95. The second-order valence-corrected chi connectivity index (χ2v) is 4.57. The number of amides is 1. The molecule has 1 amide bonds. The molecule has 98 valence electrons. The Hall–Kier alpha value is -2.01. The molecule has 1 aliphatic carbocycles. The van der Waals surface area contributed by atoms with E-state index in [0.29, 0.717) is 32.7 Å². The minimum atomic E-state index is 0.0820. The summed E-state index contributed by atoms with van der Waals surface area (Å²) in [6.45, 7) is 2.57. The van der Waals surface area contributed by atoms with Gasteiger partial charge in [0.1, 0.15) is 0 Å². The molecule has 0 spiro atoms. The molecule has 5 heteroatoms. The summed E-state index contributed by atoms with van der Waals surface area (Å²) in [5.74, 6) is 0.0820. The van der Waals surface area contributed by atoms with Crippen LogP contribution in [0.3, 0.4) is 0 Å². The number of fused-ring (bicyclic) bond motifs is 1. The highest BCUT2D eigenvalue weighted by atomic mass is 16.5. The van der Waals surface area contributed by atoms with E-state index < -0.39 is 0 Å². The number of allylic oxidation sites excluding steroid dienone is 5. The molecule has 0 saturated carbocycles. The van der Waals surface area contributed by atoms with Gasteiger partial charge < -0.3 is 9.64 Å². The number of rotatable bonds is 1. The number of hydrogen-bond acceptors (Lipinski definition) is 4. The molecule has 3 aliphatic rings. The first-order chi connectivity index (χ1) is 9.34. The standard InChI is InChI=1S/C14H15N3O2/c18-14(17-6-8-19-9-7-17)12-4-3-11-2-1-5-15-16-13(11)10-12/h1-5H,6-10H2. The zero-order valence-corrected chi connectivity index (χ0v) is 10.6. The van der Waals surface area contributed by atoms with Crippen molar-refractivity contribution in [3.63, 3.8) is 0 Å². The van der Waals surface area contributed by atoms with Gasteiger partial charge >= 0.3 is 0 Å². The molecule has 0 N–H and O–H groups in total. The smallest absolute Gasteiger partial charge is 0.250 e. The van der Waals surface area contributed by atoms with Crippen molar-refractivity contribution in [1.82, 2.24) is 4.90 Å². The number of ether oxygens (including phenoxy) is 1. The van der Waals surface area contributed by atoms with Crippen LogP contribution < -0.4 is 0 Å². The molecule has 1 fully saturated rings. The number of nitrogens with zero attached hydrogens (tertiary/aromatic N) is 3. The van der Waals surface area contributed by atoms with Gasteiger partial charge in [0, 0.05) is 31.3 Å². The summed E-state index contributed by atoms with van der Waals surface area (Å²) >= 11 is 0. The molecule has 3 rings (SSSR count). The Labute approximate surface area is 111 Å². The quantitative estimate of drug-likeness (QED) is 0.706. The third-order valence-corrected chi connectivity index (χ3v) is 3.34. The second kappa shape index (κ2) is 5.32. The van der Waals surface area contributed by atoms with Crippen LogP contribution in [0.1, 0.15) is 6.42 Å². The predicted molar refractivity (Wildman–Crippen MR) is 73.2 cm³/mol. The molecule has 1 saturated heterocycles. The maximum absolute atomic E-state index is 12.4. The van der Waals surface area contributed by atoms with Crippen molar-refractivity contribution in [2.45, 2.75) is 6.42 Å². The number of morpholine rings is 1. The molecule has 0 aromatic heterocycles. The van der Waals surface area contributed by atoms with Crippen molar-refractivity contribution in [1.29, 1.82) is 0 Å². The van der Waals surface area contributed by atoms with Gasteiger partial charge in [-0.25, -0.2) is 0 Å². The van der Waals surface area contributed by atoms with E-state index in [1.54, 1.807) is 6.21 Å². The summed E-state index contributed by atoms with van der Waals surface area (Å²) in [4.78, 5) is 14.2. The van der Waals surface area contributed by atoms with Crippen LogP contribution in [0.15, 0.2) is 45.7 Å². The summed E-state index contributed by atoms with van der Waals surface area (Å²) in [7, 11) is 0. The van der Waals surface area contributed by atoms with Crippen molar-refractivity contribution in [3.05, 3.63) is 35.5 Å². The predicted octanol–water partition coefficient (Wildman–Crippen LogP) is 1.10. The van der Waals surface area contributed by atoms with Gasteiger partial charge in [-0.15, -0.1) is 0 Å². The van der Waals surface area contributed by atoms with Crippen LogP contribution in [0, 0.1) is 0 Å². The first kappa shape index (κ1) is 12.0. The molecule has 0 bridgehead atoms. The van der Waals surface area contributed by atoms with Crippen LogP contribution in [-0.4, -0.2) is 49.0 Å². The summed E-state index contributed by atoms with van der Waals surface area (Å²) in [6, 6.07) is 0. The fourth-order valence-electron chi connectivity index (χ4n) is 2.28. The van der Waals surface area contributed by atoms with Crippen molar-refractivity contribution in [2.24, 2.45) is 10.2 Å². The molecule has 0 radical (unpaired) electrons. The number of carbonyl (C=O) groups excluding carboxylic acids is 1. The average molecular weight is 257 g/mol. The summed E-state index contributed by atoms with van der Waals surface area (Å²) < 4.78 is 5.26. The van der Waals surface area contributed by atoms with Crippen molar-refractivity contribution in [3.8, 4) is 0 Å². The van der Waals surface area contributed by atoms with E-state index in [2.05, 4.69) is 10.2 Å². The highest BCUT2D eigenvalue weighted by Gasteiger charge is 2.24. The maximum Gasteiger partial charge on any atom is 0.250 e. The summed E-state index contributed by atoms with van der Waals surface area (Å²) in [5, 5.41) is 8.07. The van der Waals surface area contributed by atoms with Gasteiger partial charge in [-0.05, 0) is 11.6 Å². The molecular formula is C14H15N3O2. The zero-order chi connectivity index (χ0) is 13.1. The van der Waals surface area contributed by atoms with Crippen LogP contribution in [-0.2, 0) is 9.53 Å². The van der Waals surface area contributed by atoms with Crippen LogP contribution in [0.2, 0.25) is 0 Å². The van der Waals surface area contributed by atoms with Gasteiger partial charge in [-0.1, -0.05) is 18.2 Å². The van der Waals surface area contributed by atoms with Gasteiger partial charge in [0.05, 0.1) is 18.9 Å². The lowest BCUT2D eigenvalue weighted by molar-refractivity contribution is -0.131. The molecular weight excluding hydrogens is 242 g/mol. The van der Waals surface area contributed by atoms with Crippen LogP contribution in [0.25, 0.3) is 0 Å². The first-order valence-corrected chi connectivity index (χ1v) is 6.39. The number of hydrogen-bond donors (Lipinski definition) is 0. The first-order valence-electron chi connectivity index (χ1n) is 6.39. The van der Waals surface area contributed by atoms with Crippen molar-refractivity contribution >= 4 is 17.8 Å². The molecule has 0 atom stereocenters. The highest BCUT2D eigenvalue weighted by Crippen LogP contribution is 2.21. The normalized spacial score (nSPS) is 22.1. The summed E-state index contributed by atoms with van der Waals surface area (Å²) in [5.41, 5.74) is 2.65. The van der Waals surface area contributed by atoms with Gasteiger partial charge in [-0.2, -0.15) is 10.2 Å². The van der Waals surface area contributed by atoms with Gasteiger partial charge in [-0.3, -0.25) is 4.79 Å². The Morgan fingerprint density at radius 2 is 2.11 bits per heavy atom. The van der Waals surface area contributed by atoms with Gasteiger partial charge in [0.2, 0.25) is 5.91 Å². The molecule has 0 unspecified atom stereocenters. The van der Waals surface area contributed by atoms with Crippen molar-refractivity contribution in [2.75, 3.05) is 26.3 Å². The minimum Gasteiger partial charge on any atom is -0.378 e. The molecule has 19 heavy (non-hydrogen) atoms. The van der Waals surface area contributed by atoms with E-state index in [9.17, 15) is 4.79 Å². The maximum atomic E-state index is 12.4. The fraction of sp³-hybridized carbons (Fsp3) is 0.357. The van der Waals surface area contributed by atoms with Crippen LogP contribution in [0.5, 0.6) is 0 Å². The van der Waals surface area contributed by atoms with Gasteiger partial charge in [0.25, 0.3) is 0 Å². The van der Waals surface area contributed by atoms with E-state index in [1.165, 1.54) is 0 Å². The SMILES string of the molecule is O=C(C1=CC=C2C=CC=NN=C2C1)N1CCOCC1. The molecule has 2 aliphatic heterocycles. The Kier molecular flexibility index (Phi) is 3.37. The van der Waals surface area contributed by atoms with E-state index >= 15 is 0 Å². The third-order valence-electron chi connectivity index (χ3n) is 3.34. The number of carbonyl (C=O) groups is 1. The Bertz CT molecular complexity index is 535. The van der Waals surface area contributed by atoms with E-state index in [1.807, 2.05) is 29.2 Å². The highest BCUT2D eigenvalue weighted by molar-refractivity contribution is 6.11. The lowest BCUT2D eigenvalue weighted by Crippen LogP contribution is -2.41. The topological polar surface area (TPSA) is 54.3 Å². The summed E-state index contributed by atoms with van der Waals surface area (Å²) in [6.07, 6.45) is 9.83. The van der Waals surface area contributed by atoms with E-state index in [0.717, 1.165) is 16.9 Å². The lowest BCUT2D eigenvalue weighted by Gasteiger charge is -2.28. The molecule has 5 nitrogen and oxygen atoms in total. The fourth-order valence-corrected chi connectivity index (χ4v) is 2.28. The van der Waals surface area contributed by atoms with E-state index in [-0.39, 0.29) is 5.91 Å². The molecule has 0 aromatic rings. The van der Waals surface area contributed by atoms with E-state index in [4.69, 9.17) is 4.74 Å². The third kappa shape index (κ3) is 2.56. The minimum absolute atomic E-state index is 0.0820. The second-order valence-electron chi connectivity index (χ2n) is 4.57. The zero-order valence-electron chi connectivity index (χ0n) is 10.6. The average Bonchev–Trinajstić information content (AvgIpc) is 2.72. The van der Waals surface area contributed by atoms with Crippen LogP contribution >= 0.6 is 0 Å². The monoisotopic (exact) mass is 257 g/mol. The van der Waals surface area contributed by atoms with Gasteiger partial charge in [0.15, 0.2) is 0 Å².